The number of methoxy groups -OCH3 is 1. The molecule has 0 spiro atoms. The lowest BCUT2D eigenvalue weighted by Crippen LogP contribution is -2.45. The lowest BCUT2D eigenvalue weighted by atomic mass is 9.85. The van der Waals surface area contributed by atoms with Gasteiger partial charge in [-0.15, -0.1) is 0 Å². The molecule has 208 valence electrons. The van der Waals surface area contributed by atoms with Crippen LogP contribution in [0.3, 0.4) is 0 Å². The molecule has 2 atom stereocenters. The number of aromatic nitrogens is 1. The number of anilines is 1. The number of fused-ring (bicyclic) bond motifs is 1. The van der Waals surface area contributed by atoms with Gasteiger partial charge in [0.2, 0.25) is 5.91 Å². The summed E-state index contributed by atoms with van der Waals surface area (Å²) >= 11 is 0. The van der Waals surface area contributed by atoms with Gasteiger partial charge in [0, 0.05) is 38.9 Å². The molecule has 8 nitrogen and oxygen atoms in total. The molecule has 3 N–H and O–H groups in total. The van der Waals surface area contributed by atoms with E-state index in [4.69, 9.17) is 9.72 Å². The lowest BCUT2D eigenvalue weighted by Gasteiger charge is -2.28. The second kappa shape index (κ2) is 14.6. The quantitative estimate of drug-likeness (QED) is 0.283. The average molecular weight is 521 g/mol. The summed E-state index contributed by atoms with van der Waals surface area (Å²) in [5.41, 5.74) is 2.30. The number of nitrogens with zero attached hydrogens (tertiary/aromatic N) is 2. The smallest absolute Gasteiger partial charge is 0.326 e. The number of unbranched alkanes of at least 4 members (excludes halogenated alkanes) is 1. The number of carbonyl (C=O) groups excluding carboxylic acids is 1. The number of rotatable bonds is 16. The Bertz CT molecular complexity index is 874. The Morgan fingerprint density at radius 3 is 2.73 bits per heavy atom. The van der Waals surface area contributed by atoms with Crippen LogP contribution in [0.2, 0.25) is 0 Å². The third-order valence-electron chi connectivity index (χ3n) is 7.84. The van der Waals surface area contributed by atoms with E-state index >= 15 is 0 Å². The molecule has 1 aliphatic carbocycles. The van der Waals surface area contributed by atoms with Crippen LogP contribution in [0.25, 0.3) is 0 Å². The molecule has 1 amide bonds. The number of amides is 1. The Labute approximate surface area is 220 Å². The van der Waals surface area contributed by atoms with Crippen LogP contribution in [0.15, 0.2) is 12.1 Å². The summed E-state index contributed by atoms with van der Waals surface area (Å²) in [5.74, 6) is -0.236. The second-order valence-corrected chi connectivity index (χ2v) is 11.1. The van der Waals surface area contributed by atoms with Crippen molar-refractivity contribution in [3.05, 3.63) is 23.4 Å². The van der Waals surface area contributed by atoms with Crippen LogP contribution in [0.1, 0.15) is 76.0 Å². The van der Waals surface area contributed by atoms with Crippen LogP contribution in [0, 0.1) is 5.41 Å². The van der Waals surface area contributed by atoms with Crippen molar-refractivity contribution in [1.82, 2.24) is 15.2 Å². The van der Waals surface area contributed by atoms with Gasteiger partial charge in [-0.3, -0.25) is 4.79 Å². The molecule has 1 saturated carbocycles. The minimum absolute atomic E-state index is 0.0328. The van der Waals surface area contributed by atoms with Crippen molar-refractivity contribution in [3.63, 3.8) is 0 Å². The molecule has 0 saturated heterocycles. The van der Waals surface area contributed by atoms with Gasteiger partial charge in [-0.25, -0.2) is 14.2 Å². The fourth-order valence-electron chi connectivity index (χ4n) is 5.53. The second-order valence-electron chi connectivity index (χ2n) is 11.1. The SMILES string of the molecule is COC(CF)CN(CCCCc1ccc2c(n1)NCCC2)CCC(NC(=O)CC1(C)CCCC1)C(=O)O. The van der Waals surface area contributed by atoms with Crippen LogP contribution < -0.4 is 10.6 Å². The highest BCUT2D eigenvalue weighted by atomic mass is 19.1. The Morgan fingerprint density at radius 2 is 2.03 bits per heavy atom. The number of aliphatic carboxylic acids is 1. The summed E-state index contributed by atoms with van der Waals surface area (Å²) in [6, 6.07) is 3.30. The van der Waals surface area contributed by atoms with Crippen LogP contribution in [0.4, 0.5) is 10.2 Å². The fraction of sp³-hybridized carbons (Fsp3) is 0.750. The molecule has 2 unspecified atom stereocenters. The van der Waals surface area contributed by atoms with Gasteiger partial charge in [-0.05, 0) is 75.0 Å². The zero-order valence-electron chi connectivity index (χ0n) is 22.6. The molecular weight excluding hydrogens is 475 g/mol. The molecule has 1 aromatic rings. The summed E-state index contributed by atoms with van der Waals surface area (Å²) < 4.78 is 18.6. The Kier molecular flexibility index (Phi) is 11.6. The molecule has 0 aromatic carbocycles. The number of carboxylic acids is 1. The average Bonchev–Trinajstić information content (AvgIpc) is 3.32. The van der Waals surface area contributed by atoms with Gasteiger partial charge < -0.3 is 25.4 Å². The first-order valence-corrected chi connectivity index (χ1v) is 13.9. The van der Waals surface area contributed by atoms with E-state index in [1.807, 2.05) is 0 Å². The minimum Gasteiger partial charge on any atom is -0.480 e. The van der Waals surface area contributed by atoms with Gasteiger partial charge in [0.15, 0.2) is 0 Å². The number of ether oxygens (including phenoxy) is 1. The molecule has 0 bridgehead atoms. The van der Waals surface area contributed by atoms with Crippen molar-refractivity contribution in [2.75, 3.05) is 45.3 Å². The van der Waals surface area contributed by atoms with Crippen molar-refractivity contribution in [1.29, 1.82) is 0 Å². The molecule has 37 heavy (non-hydrogen) atoms. The van der Waals surface area contributed by atoms with E-state index in [0.717, 1.165) is 75.8 Å². The number of carbonyl (C=O) groups is 2. The Balaban J connectivity index is 1.49. The molecule has 3 rings (SSSR count). The monoisotopic (exact) mass is 520 g/mol. The molecule has 1 fully saturated rings. The number of nitrogens with one attached hydrogen (secondary N) is 2. The first-order chi connectivity index (χ1) is 17.8. The third-order valence-corrected chi connectivity index (χ3v) is 7.84. The summed E-state index contributed by atoms with van der Waals surface area (Å²) in [4.78, 5) is 31.3. The summed E-state index contributed by atoms with van der Waals surface area (Å²) in [6.07, 6.45) is 9.17. The van der Waals surface area contributed by atoms with Gasteiger partial charge in [-0.2, -0.15) is 0 Å². The van der Waals surface area contributed by atoms with Gasteiger partial charge in [-0.1, -0.05) is 25.8 Å². The zero-order valence-corrected chi connectivity index (χ0v) is 22.6. The largest absolute Gasteiger partial charge is 0.480 e. The number of pyridine rings is 1. The highest BCUT2D eigenvalue weighted by Crippen LogP contribution is 2.40. The molecule has 0 radical (unpaired) electrons. The van der Waals surface area contributed by atoms with Crippen LogP contribution in [-0.4, -0.2) is 79.0 Å². The van der Waals surface area contributed by atoms with E-state index in [1.54, 1.807) is 0 Å². The van der Waals surface area contributed by atoms with E-state index in [-0.39, 0.29) is 17.7 Å². The predicted octanol–water partition coefficient (Wildman–Crippen LogP) is 3.98. The molecule has 9 heteroatoms. The maximum Gasteiger partial charge on any atom is 0.326 e. The normalized spacial score (nSPS) is 18.2. The number of aryl methyl sites for hydroxylation is 2. The van der Waals surface area contributed by atoms with Crippen molar-refractivity contribution < 1.29 is 23.8 Å². The van der Waals surface area contributed by atoms with Crippen LogP contribution in [0.5, 0.6) is 0 Å². The van der Waals surface area contributed by atoms with Crippen LogP contribution in [-0.2, 0) is 27.2 Å². The van der Waals surface area contributed by atoms with Crippen LogP contribution >= 0.6 is 0 Å². The van der Waals surface area contributed by atoms with Gasteiger partial charge >= 0.3 is 5.97 Å². The van der Waals surface area contributed by atoms with E-state index in [1.165, 1.54) is 12.7 Å². The topological polar surface area (TPSA) is 104 Å². The number of hydrogen-bond donors (Lipinski definition) is 3. The number of alkyl halides is 1. The standard InChI is InChI=1S/C28H45FN4O4/c1-28(13-4-5-14-28)18-25(34)32-24(27(35)36)12-17-33(20-23(19-29)37-2)16-6-3-9-22-11-10-21-8-7-15-30-26(21)31-22/h10-11,23-24H,3-9,12-20H2,1-2H3,(H,30,31)(H,32,34)(H,35,36). The maximum absolute atomic E-state index is 13.4. The fourth-order valence-corrected chi connectivity index (χ4v) is 5.53. The van der Waals surface area contributed by atoms with E-state index in [0.29, 0.717) is 26.1 Å². The Hall–Kier alpha value is -2.26. The lowest BCUT2D eigenvalue weighted by molar-refractivity contribution is -0.142. The Morgan fingerprint density at radius 1 is 1.24 bits per heavy atom. The predicted molar refractivity (Wildman–Crippen MR) is 143 cm³/mol. The molecule has 2 heterocycles. The highest BCUT2D eigenvalue weighted by Gasteiger charge is 2.32. The van der Waals surface area contributed by atoms with Crippen molar-refractivity contribution in [2.45, 2.75) is 89.7 Å². The number of hydrogen-bond acceptors (Lipinski definition) is 6. The molecule has 1 aromatic heterocycles. The first kappa shape index (κ1) is 29.3. The van der Waals surface area contributed by atoms with Crippen molar-refractivity contribution >= 4 is 17.7 Å². The highest BCUT2D eigenvalue weighted by molar-refractivity contribution is 5.83. The van der Waals surface area contributed by atoms with Gasteiger partial charge in [0.25, 0.3) is 0 Å². The van der Waals surface area contributed by atoms with E-state index < -0.39 is 24.8 Å². The summed E-state index contributed by atoms with van der Waals surface area (Å²) in [7, 11) is 1.49. The molecule has 2 aliphatic rings. The zero-order chi connectivity index (χ0) is 26.7. The first-order valence-electron chi connectivity index (χ1n) is 13.9. The number of carboxylic acid groups (broad SMARTS) is 1. The van der Waals surface area contributed by atoms with Gasteiger partial charge in [0.05, 0.1) is 6.10 Å². The van der Waals surface area contributed by atoms with E-state index in [2.05, 4.69) is 34.6 Å². The third kappa shape index (κ3) is 9.52. The summed E-state index contributed by atoms with van der Waals surface area (Å²) in [6.45, 7) is 3.99. The van der Waals surface area contributed by atoms with E-state index in [9.17, 15) is 19.1 Å². The summed E-state index contributed by atoms with van der Waals surface area (Å²) in [5, 5.41) is 15.8. The van der Waals surface area contributed by atoms with Crippen molar-refractivity contribution in [2.24, 2.45) is 5.41 Å². The minimum atomic E-state index is -1.04. The number of halogens is 1. The molecule has 1 aliphatic heterocycles. The molecular formula is C28H45FN4O4. The van der Waals surface area contributed by atoms with Crippen molar-refractivity contribution in [3.8, 4) is 0 Å². The van der Waals surface area contributed by atoms with Gasteiger partial charge in [0.1, 0.15) is 18.5 Å². The maximum atomic E-state index is 13.4.